The van der Waals surface area contributed by atoms with Crippen LogP contribution in [0.3, 0.4) is 0 Å². The van der Waals surface area contributed by atoms with Gasteiger partial charge in [-0.15, -0.1) is 0 Å². The minimum absolute atomic E-state index is 0.108. The van der Waals surface area contributed by atoms with Gasteiger partial charge in [0.2, 0.25) is 0 Å². The first-order chi connectivity index (χ1) is 21.9. The quantitative estimate of drug-likeness (QED) is 0.241. The predicted molar refractivity (Wildman–Crippen MR) is 183 cm³/mol. The zero-order valence-electron chi connectivity index (χ0n) is 27.2. The van der Waals surface area contributed by atoms with Gasteiger partial charge < -0.3 is 14.4 Å². The van der Waals surface area contributed by atoms with E-state index in [1.807, 2.05) is 49.4 Å². The molecule has 46 heavy (non-hydrogen) atoms. The highest BCUT2D eigenvalue weighted by molar-refractivity contribution is 6.42. The number of hydrogen-bond acceptors (Lipinski definition) is 5. The van der Waals surface area contributed by atoms with Crippen LogP contribution in [0.1, 0.15) is 82.9 Å². The number of carbonyl (C=O) groups excluding carboxylic acids is 2. The summed E-state index contributed by atoms with van der Waals surface area (Å²) in [5, 5.41) is 0.957. The second-order valence-corrected chi connectivity index (χ2v) is 15.1. The summed E-state index contributed by atoms with van der Waals surface area (Å²) in [4.78, 5) is 30.8. The minimum atomic E-state index is -0.465. The van der Waals surface area contributed by atoms with Gasteiger partial charge in [-0.3, -0.25) is 9.59 Å². The lowest BCUT2D eigenvalue weighted by Crippen LogP contribution is -2.44. The van der Waals surface area contributed by atoms with E-state index in [1.165, 1.54) is 0 Å². The number of nitrogens with zero attached hydrogens (tertiary/aromatic N) is 1. The monoisotopic (exact) mass is 657 g/mol. The SMILES string of the molecule is CCOc1cc(C2C3=C(CC(C)(C)CC3=O)N(Cc3ccccc3)C3=C2C(=O)CC(C)(C)C3)ccc1OCc1ccc(Cl)c(Cl)c1. The number of halogens is 2. The summed E-state index contributed by atoms with van der Waals surface area (Å²) in [6.45, 7) is 11.9. The molecule has 1 aliphatic heterocycles. The zero-order chi connectivity index (χ0) is 32.8. The van der Waals surface area contributed by atoms with Gasteiger partial charge in [0.1, 0.15) is 6.61 Å². The fourth-order valence-corrected chi connectivity index (χ4v) is 7.54. The molecule has 3 aromatic carbocycles. The van der Waals surface area contributed by atoms with Gasteiger partial charge >= 0.3 is 0 Å². The van der Waals surface area contributed by atoms with Crippen molar-refractivity contribution in [3.63, 3.8) is 0 Å². The summed E-state index contributed by atoms with van der Waals surface area (Å²) in [6.07, 6.45) is 2.39. The Kier molecular flexibility index (Phi) is 8.86. The molecular formula is C39H41Cl2NO4. The van der Waals surface area contributed by atoms with Gasteiger partial charge in [-0.1, -0.05) is 93.4 Å². The highest BCUT2D eigenvalue weighted by Gasteiger charge is 2.49. The molecule has 0 saturated carbocycles. The standard InChI is InChI=1S/C39H41Cl2NO4/c1-6-45-34-17-26(13-15-33(34)46-23-25-12-14-27(40)28(41)16-25)35-36-29(18-38(2,3)20-31(36)43)42(22-24-10-8-7-9-11-24)30-19-39(4,5)21-32(44)37(30)35/h7-17,35H,6,18-23H2,1-5H3. The lowest BCUT2D eigenvalue weighted by atomic mass is 9.63. The molecule has 3 aromatic rings. The zero-order valence-corrected chi connectivity index (χ0v) is 28.7. The van der Waals surface area contributed by atoms with Crippen molar-refractivity contribution in [2.24, 2.45) is 10.8 Å². The molecule has 240 valence electrons. The number of allylic oxidation sites excluding steroid dienone is 4. The third kappa shape index (κ3) is 6.50. The van der Waals surface area contributed by atoms with Crippen LogP contribution in [-0.2, 0) is 22.7 Å². The van der Waals surface area contributed by atoms with Crippen LogP contribution >= 0.6 is 23.2 Å². The fraction of sp³-hybridized carbons (Fsp3) is 0.385. The Morgan fingerprint density at radius 3 is 1.93 bits per heavy atom. The summed E-state index contributed by atoms with van der Waals surface area (Å²) in [6, 6.07) is 21.6. The van der Waals surface area contributed by atoms with E-state index in [0.717, 1.165) is 52.1 Å². The molecule has 0 radical (unpaired) electrons. The molecule has 3 aliphatic rings. The summed E-state index contributed by atoms with van der Waals surface area (Å²) in [5.74, 6) is 0.900. The topological polar surface area (TPSA) is 55.8 Å². The molecule has 0 N–H and O–H groups in total. The Morgan fingerprint density at radius 1 is 0.717 bits per heavy atom. The van der Waals surface area contributed by atoms with Crippen LogP contribution in [0.25, 0.3) is 0 Å². The molecule has 0 saturated heterocycles. The Labute approximate surface area is 282 Å². The van der Waals surface area contributed by atoms with Crippen molar-refractivity contribution < 1.29 is 19.1 Å². The van der Waals surface area contributed by atoms with Gasteiger partial charge in [0, 0.05) is 47.8 Å². The number of rotatable bonds is 8. The Hall–Kier alpha value is -3.54. The molecular weight excluding hydrogens is 617 g/mol. The lowest BCUT2D eigenvalue weighted by Gasteiger charge is -2.49. The minimum Gasteiger partial charge on any atom is -0.490 e. The van der Waals surface area contributed by atoms with E-state index < -0.39 is 5.92 Å². The molecule has 0 unspecified atom stereocenters. The van der Waals surface area contributed by atoms with Gasteiger partial charge in [-0.25, -0.2) is 0 Å². The van der Waals surface area contributed by atoms with Gasteiger partial charge in [-0.2, -0.15) is 0 Å². The number of ketones is 2. The second-order valence-electron chi connectivity index (χ2n) is 14.3. The molecule has 0 fully saturated rings. The summed E-state index contributed by atoms with van der Waals surface area (Å²) < 4.78 is 12.3. The molecule has 5 nitrogen and oxygen atoms in total. The average Bonchev–Trinajstić information content (AvgIpc) is 2.98. The summed E-state index contributed by atoms with van der Waals surface area (Å²) in [7, 11) is 0. The van der Waals surface area contributed by atoms with Gasteiger partial charge in [0.15, 0.2) is 23.1 Å². The molecule has 0 amide bonds. The first-order valence-corrected chi connectivity index (χ1v) is 16.8. The van der Waals surface area contributed by atoms with E-state index >= 15 is 0 Å². The molecule has 0 spiro atoms. The molecule has 0 aromatic heterocycles. The van der Waals surface area contributed by atoms with Crippen LogP contribution in [0.5, 0.6) is 11.5 Å². The maximum Gasteiger partial charge on any atom is 0.162 e. The average molecular weight is 659 g/mol. The van der Waals surface area contributed by atoms with Crippen molar-refractivity contribution in [3.05, 3.63) is 116 Å². The Morgan fingerprint density at radius 2 is 1.35 bits per heavy atom. The highest BCUT2D eigenvalue weighted by atomic mass is 35.5. The van der Waals surface area contributed by atoms with Crippen molar-refractivity contribution in [1.29, 1.82) is 0 Å². The van der Waals surface area contributed by atoms with E-state index in [4.69, 9.17) is 32.7 Å². The van der Waals surface area contributed by atoms with Crippen LogP contribution in [0, 0.1) is 10.8 Å². The fourth-order valence-electron chi connectivity index (χ4n) is 7.22. The van der Waals surface area contributed by atoms with Crippen molar-refractivity contribution in [3.8, 4) is 11.5 Å². The largest absolute Gasteiger partial charge is 0.490 e. The second kappa shape index (κ2) is 12.6. The van der Waals surface area contributed by atoms with E-state index in [-0.39, 0.29) is 29.0 Å². The number of carbonyl (C=O) groups is 2. The maximum atomic E-state index is 14.2. The van der Waals surface area contributed by atoms with E-state index in [2.05, 4.69) is 44.7 Å². The number of benzene rings is 3. The first kappa shape index (κ1) is 32.4. The van der Waals surface area contributed by atoms with E-state index in [9.17, 15) is 9.59 Å². The Balaban J connectivity index is 1.47. The molecule has 1 heterocycles. The molecule has 2 aliphatic carbocycles. The van der Waals surface area contributed by atoms with E-state index in [0.29, 0.717) is 47.5 Å². The third-order valence-electron chi connectivity index (χ3n) is 9.18. The van der Waals surface area contributed by atoms with Crippen LogP contribution in [0.2, 0.25) is 10.0 Å². The summed E-state index contributed by atoms with van der Waals surface area (Å²) >= 11 is 12.3. The highest BCUT2D eigenvalue weighted by Crippen LogP contribution is 2.55. The third-order valence-corrected chi connectivity index (χ3v) is 9.92. The maximum absolute atomic E-state index is 14.2. The van der Waals surface area contributed by atoms with Crippen molar-refractivity contribution >= 4 is 34.8 Å². The predicted octanol–water partition coefficient (Wildman–Crippen LogP) is 9.86. The van der Waals surface area contributed by atoms with Crippen LogP contribution in [-0.4, -0.2) is 23.1 Å². The van der Waals surface area contributed by atoms with Gasteiger partial charge in [0.05, 0.1) is 16.7 Å². The Bertz CT molecular complexity index is 1700. The molecule has 6 rings (SSSR count). The number of hydrogen-bond donors (Lipinski definition) is 0. The summed E-state index contributed by atoms with van der Waals surface area (Å²) in [5.41, 5.74) is 6.07. The van der Waals surface area contributed by atoms with Crippen LogP contribution in [0.15, 0.2) is 89.3 Å². The smallest absolute Gasteiger partial charge is 0.162 e. The van der Waals surface area contributed by atoms with Crippen LogP contribution in [0.4, 0.5) is 0 Å². The van der Waals surface area contributed by atoms with Crippen molar-refractivity contribution in [1.82, 2.24) is 4.90 Å². The van der Waals surface area contributed by atoms with Crippen LogP contribution < -0.4 is 9.47 Å². The van der Waals surface area contributed by atoms with Crippen molar-refractivity contribution in [2.75, 3.05) is 6.61 Å². The van der Waals surface area contributed by atoms with Crippen molar-refractivity contribution in [2.45, 2.75) is 79.4 Å². The van der Waals surface area contributed by atoms with Gasteiger partial charge in [-0.05, 0) is 71.6 Å². The number of Topliss-reactive ketones (excluding diaryl/α,β-unsaturated/α-hetero) is 2. The number of ether oxygens (including phenoxy) is 2. The lowest BCUT2D eigenvalue weighted by molar-refractivity contribution is -0.119. The van der Waals surface area contributed by atoms with Gasteiger partial charge in [0.25, 0.3) is 0 Å². The molecule has 0 bridgehead atoms. The molecule has 0 atom stereocenters. The molecule has 7 heteroatoms. The first-order valence-electron chi connectivity index (χ1n) is 16.0. The normalized spacial score (nSPS) is 19.2. The van der Waals surface area contributed by atoms with E-state index in [1.54, 1.807) is 12.1 Å².